The molecule has 4 heteroatoms. The van der Waals surface area contributed by atoms with Crippen molar-refractivity contribution in [3.05, 3.63) is 0 Å². The van der Waals surface area contributed by atoms with E-state index < -0.39 is 17.5 Å². The average molecular weight is 303 g/mol. The predicted octanol–water partition coefficient (Wildman–Crippen LogP) is 4.93. The molecule has 0 saturated heterocycles. The summed E-state index contributed by atoms with van der Waals surface area (Å²) >= 11 is 0. The summed E-state index contributed by atoms with van der Waals surface area (Å²) in [4.78, 5) is 11.1. The Hall–Kier alpha value is -0.610. The van der Waals surface area contributed by atoms with E-state index in [1.807, 2.05) is 0 Å². The summed E-state index contributed by atoms with van der Waals surface area (Å²) in [5.41, 5.74) is -1.12. The van der Waals surface area contributed by atoms with Crippen LogP contribution in [0.3, 0.4) is 0 Å². The molecule has 0 fully saturated rings. The zero-order valence-electron chi connectivity index (χ0n) is 14.4. The molecule has 0 aromatic rings. The fraction of sp³-hybridized carbons (Fsp3) is 0.941. The summed E-state index contributed by atoms with van der Waals surface area (Å²) in [6.45, 7) is 5.40. The predicted molar refractivity (Wildman–Crippen MR) is 88.9 cm³/mol. The van der Waals surface area contributed by atoms with Crippen molar-refractivity contribution < 1.29 is 15.0 Å². The van der Waals surface area contributed by atoms with Crippen LogP contribution >= 0.6 is 0 Å². The second-order valence-electron chi connectivity index (χ2n) is 6.52. The standard InChI is InChI=1S/C17H34O3.H3N/c1-4-5-6-7-8-9-10-11-12-13-14-15(16(18)19)17(2,3)20;/h15,20H,4-14H2,1-3H3,(H,18,19);1H3. The van der Waals surface area contributed by atoms with Crippen LogP contribution in [0.1, 0.15) is 91.4 Å². The molecule has 0 heterocycles. The lowest BCUT2D eigenvalue weighted by atomic mass is 9.86. The van der Waals surface area contributed by atoms with Crippen molar-refractivity contribution in [1.82, 2.24) is 6.15 Å². The van der Waals surface area contributed by atoms with Crippen LogP contribution in [-0.4, -0.2) is 21.8 Å². The van der Waals surface area contributed by atoms with Crippen LogP contribution in [0.25, 0.3) is 0 Å². The van der Waals surface area contributed by atoms with E-state index in [9.17, 15) is 9.90 Å². The summed E-state index contributed by atoms with van der Waals surface area (Å²) in [7, 11) is 0. The molecular formula is C17H37NO3. The number of unbranched alkanes of at least 4 members (excludes halogenated alkanes) is 9. The lowest BCUT2D eigenvalue weighted by Crippen LogP contribution is -2.36. The number of aliphatic carboxylic acids is 1. The highest BCUT2D eigenvalue weighted by Gasteiger charge is 2.32. The molecule has 0 aromatic carbocycles. The maximum absolute atomic E-state index is 11.1. The molecule has 0 amide bonds. The van der Waals surface area contributed by atoms with Crippen molar-refractivity contribution in [3.8, 4) is 0 Å². The van der Waals surface area contributed by atoms with Crippen molar-refractivity contribution in [2.24, 2.45) is 5.92 Å². The van der Waals surface area contributed by atoms with Crippen LogP contribution < -0.4 is 6.15 Å². The largest absolute Gasteiger partial charge is 0.481 e. The van der Waals surface area contributed by atoms with Gasteiger partial charge in [-0.3, -0.25) is 4.79 Å². The van der Waals surface area contributed by atoms with Crippen LogP contribution in [0.4, 0.5) is 0 Å². The van der Waals surface area contributed by atoms with Crippen LogP contribution in [0.5, 0.6) is 0 Å². The second-order valence-corrected chi connectivity index (χ2v) is 6.52. The molecule has 0 radical (unpaired) electrons. The fourth-order valence-electron chi connectivity index (χ4n) is 2.61. The van der Waals surface area contributed by atoms with E-state index >= 15 is 0 Å². The van der Waals surface area contributed by atoms with Gasteiger partial charge in [0.1, 0.15) is 0 Å². The molecule has 1 atom stereocenters. The second kappa shape index (κ2) is 13.1. The minimum atomic E-state index is -1.12. The Bertz CT molecular complexity index is 249. The van der Waals surface area contributed by atoms with E-state index in [0.717, 1.165) is 12.8 Å². The SMILES string of the molecule is CCCCCCCCCCCCC(C(=O)O)C(C)(C)O.N. The monoisotopic (exact) mass is 303 g/mol. The van der Waals surface area contributed by atoms with E-state index in [-0.39, 0.29) is 6.15 Å². The smallest absolute Gasteiger partial charge is 0.309 e. The minimum Gasteiger partial charge on any atom is -0.481 e. The molecule has 1 unspecified atom stereocenters. The molecule has 0 aromatic heterocycles. The zero-order valence-corrected chi connectivity index (χ0v) is 14.4. The summed E-state index contributed by atoms with van der Waals surface area (Å²) in [6, 6.07) is 0. The number of carboxylic acid groups (broad SMARTS) is 1. The summed E-state index contributed by atoms with van der Waals surface area (Å²) in [6.07, 6.45) is 13.0. The molecule has 21 heavy (non-hydrogen) atoms. The van der Waals surface area contributed by atoms with Crippen LogP contribution in [0, 0.1) is 5.92 Å². The number of carbonyl (C=O) groups is 1. The van der Waals surface area contributed by atoms with Gasteiger partial charge in [-0.05, 0) is 20.3 Å². The highest BCUT2D eigenvalue weighted by molar-refractivity contribution is 5.71. The number of aliphatic hydroxyl groups is 1. The summed E-state index contributed by atoms with van der Waals surface area (Å²) in [5, 5.41) is 18.9. The van der Waals surface area contributed by atoms with Gasteiger partial charge in [0, 0.05) is 0 Å². The lowest BCUT2D eigenvalue weighted by molar-refractivity contribution is -0.150. The highest BCUT2D eigenvalue weighted by atomic mass is 16.4. The number of carboxylic acids is 1. The first-order chi connectivity index (χ1) is 9.39. The van der Waals surface area contributed by atoms with Crippen molar-refractivity contribution in [2.75, 3.05) is 0 Å². The van der Waals surface area contributed by atoms with Gasteiger partial charge in [-0.2, -0.15) is 0 Å². The van der Waals surface area contributed by atoms with E-state index in [4.69, 9.17) is 5.11 Å². The Balaban J connectivity index is 0. The molecule has 0 saturated carbocycles. The maximum atomic E-state index is 11.1. The fourth-order valence-corrected chi connectivity index (χ4v) is 2.61. The third-order valence-corrected chi connectivity index (χ3v) is 4.00. The Kier molecular flexibility index (Phi) is 14.1. The highest BCUT2D eigenvalue weighted by Crippen LogP contribution is 2.23. The molecule has 0 bridgehead atoms. The Morgan fingerprint density at radius 2 is 1.29 bits per heavy atom. The normalized spacial score (nSPS) is 12.8. The van der Waals surface area contributed by atoms with E-state index in [1.54, 1.807) is 13.8 Å². The van der Waals surface area contributed by atoms with Gasteiger partial charge >= 0.3 is 5.97 Å². The van der Waals surface area contributed by atoms with Gasteiger partial charge < -0.3 is 16.4 Å². The molecule has 128 valence electrons. The van der Waals surface area contributed by atoms with E-state index in [1.165, 1.54) is 51.4 Å². The first-order valence-corrected chi connectivity index (χ1v) is 8.34. The summed E-state index contributed by atoms with van der Waals surface area (Å²) < 4.78 is 0. The van der Waals surface area contributed by atoms with Crippen molar-refractivity contribution >= 4 is 5.97 Å². The zero-order chi connectivity index (χ0) is 15.4. The minimum absolute atomic E-state index is 0. The van der Waals surface area contributed by atoms with Crippen molar-refractivity contribution in [1.29, 1.82) is 0 Å². The van der Waals surface area contributed by atoms with E-state index in [0.29, 0.717) is 6.42 Å². The molecule has 0 spiro atoms. The number of rotatable bonds is 13. The number of hydrogen-bond donors (Lipinski definition) is 3. The van der Waals surface area contributed by atoms with Gasteiger partial charge in [0.05, 0.1) is 11.5 Å². The van der Waals surface area contributed by atoms with Gasteiger partial charge in [-0.25, -0.2) is 0 Å². The van der Waals surface area contributed by atoms with Crippen LogP contribution in [0.15, 0.2) is 0 Å². The molecule has 0 aliphatic rings. The quantitative estimate of drug-likeness (QED) is 0.420. The van der Waals surface area contributed by atoms with Crippen LogP contribution in [-0.2, 0) is 4.79 Å². The average Bonchev–Trinajstić information content (AvgIpc) is 2.34. The first-order valence-electron chi connectivity index (χ1n) is 8.34. The Morgan fingerprint density at radius 1 is 0.905 bits per heavy atom. The van der Waals surface area contributed by atoms with Gasteiger partial charge in [0.25, 0.3) is 0 Å². The van der Waals surface area contributed by atoms with Crippen molar-refractivity contribution in [3.63, 3.8) is 0 Å². The third kappa shape index (κ3) is 12.8. The maximum Gasteiger partial charge on any atom is 0.309 e. The summed E-state index contributed by atoms with van der Waals surface area (Å²) in [5.74, 6) is -1.52. The van der Waals surface area contributed by atoms with Crippen LogP contribution in [0.2, 0.25) is 0 Å². The molecule has 4 nitrogen and oxygen atoms in total. The molecule has 0 rings (SSSR count). The first kappa shape index (κ1) is 22.7. The molecule has 5 N–H and O–H groups in total. The Morgan fingerprint density at radius 3 is 1.62 bits per heavy atom. The van der Waals surface area contributed by atoms with Gasteiger partial charge in [0.2, 0.25) is 0 Å². The lowest BCUT2D eigenvalue weighted by Gasteiger charge is -2.25. The van der Waals surface area contributed by atoms with E-state index in [2.05, 4.69) is 6.92 Å². The Labute approximate surface area is 130 Å². The van der Waals surface area contributed by atoms with Gasteiger partial charge in [0.15, 0.2) is 0 Å². The third-order valence-electron chi connectivity index (χ3n) is 4.00. The molecular weight excluding hydrogens is 266 g/mol. The topological polar surface area (TPSA) is 92.5 Å². The van der Waals surface area contributed by atoms with Gasteiger partial charge in [-0.15, -0.1) is 0 Å². The molecule has 0 aliphatic heterocycles. The number of hydrogen-bond acceptors (Lipinski definition) is 3. The van der Waals surface area contributed by atoms with Gasteiger partial charge in [-0.1, -0.05) is 71.1 Å². The molecule has 0 aliphatic carbocycles. The van der Waals surface area contributed by atoms with Crippen molar-refractivity contribution in [2.45, 2.75) is 97.0 Å².